The Morgan fingerprint density at radius 2 is 1.70 bits per heavy atom. The lowest BCUT2D eigenvalue weighted by molar-refractivity contribution is -0.122. The van der Waals surface area contributed by atoms with Gasteiger partial charge < -0.3 is 19.2 Å². The standard InChI is InChI=1S/C31H27N3O3/c1-20-13-15-21(16-14-20)29-28(25-11-5-6-12-26(25)33(29)2)30-23-9-3-4-10-24(23)31(36)34(30)19-27(35)32-18-22-8-7-17-37-22/h3-17,30H,18-19H2,1-2H3,(H,32,35)/t30-/m1/s1. The van der Waals surface area contributed by atoms with Gasteiger partial charge in [0.15, 0.2) is 0 Å². The van der Waals surface area contributed by atoms with Crippen molar-refractivity contribution in [3.8, 4) is 11.3 Å². The number of rotatable bonds is 6. The highest BCUT2D eigenvalue weighted by Crippen LogP contribution is 2.46. The maximum absolute atomic E-state index is 13.7. The Hall–Kier alpha value is -4.58. The van der Waals surface area contributed by atoms with E-state index in [1.54, 1.807) is 17.2 Å². The molecule has 6 nitrogen and oxygen atoms in total. The van der Waals surface area contributed by atoms with Crippen molar-refractivity contribution >= 4 is 22.7 Å². The van der Waals surface area contributed by atoms with Gasteiger partial charge in [-0.3, -0.25) is 9.59 Å². The Morgan fingerprint density at radius 3 is 2.49 bits per heavy atom. The number of fused-ring (bicyclic) bond motifs is 2. The van der Waals surface area contributed by atoms with Gasteiger partial charge in [-0.25, -0.2) is 0 Å². The lowest BCUT2D eigenvalue weighted by atomic mass is 9.93. The zero-order chi connectivity index (χ0) is 25.5. The van der Waals surface area contributed by atoms with Crippen molar-refractivity contribution in [1.82, 2.24) is 14.8 Å². The fourth-order valence-electron chi connectivity index (χ4n) is 5.41. The normalized spacial score (nSPS) is 14.8. The summed E-state index contributed by atoms with van der Waals surface area (Å²) in [5.41, 5.74) is 6.94. The van der Waals surface area contributed by atoms with E-state index in [2.05, 4.69) is 60.3 Å². The van der Waals surface area contributed by atoms with E-state index in [0.717, 1.165) is 33.3 Å². The average Bonchev–Trinajstić information content (AvgIpc) is 3.61. The van der Waals surface area contributed by atoms with Crippen molar-refractivity contribution in [1.29, 1.82) is 0 Å². The van der Waals surface area contributed by atoms with E-state index >= 15 is 0 Å². The third-order valence-corrected chi connectivity index (χ3v) is 7.16. The number of aromatic nitrogens is 1. The molecule has 0 bridgehead atoms. The molecule has 0 spiro atoms. The average molecular weight is 490 g/mol. The molecule has 2 aromatic heterocycles. The summed E-state index contributed by atoms with van der Waals surface area (Å²) in [5.74, 6) is 0.285. The van der Waals surface area contributed by atoms with Gasteiger partial charge in [0, 0.05) is 29.1 Å². The number of hydrogen-bond donors (Lipinski definition) is 1. The molecule has 3 aromatic carbocycles. The van der Waals surface area contributed by atoms with Crippen molar-refractivity contribution in [3.63, 3.8) is 0 Å². The number of para-hydroxylation sites is 1. The summed E-state index contributed by atoms with van der Waals surface area (Å²) in [6.45, 7) is 2.28. The molecule has 5 aromatic rings. The molecule has 184 valence electrons. The van der Waals surface area contributed by atoms with Gasteiger partial charge in [0.1, 0.15) is 12.3 Å². The van der Waals surface area contributed by atoms with Crippen LogP contribution in [0.4, 0.5) is 0 Å². The molecule has 1 aliphatic rings. The van der Waals surface area contributed by atoms with Crippen LogP contribution < -0.4 is 5.32 Å². The SMILES string of the molecule is Cc1ccc(-c2c([C@H]3c4ccccc4C(=O)N3CC(=O)NCc3ccco3)c3ccccc3n2C)cc1. The largest absolute Gasteiger partial charge is 0.467 e. The molecule has 6 rings (SSSR count). The zero-order valence-electron chi connectivity index (χ0n) is 20.8. The topological polar surface area (TPSA) is 67.5 Å². The first-order chi connectivity index (χ1) is 18.0. The van der Waals surface area contributed by atoms with E-state index in [1.165, 1.54) is 5.56 Å². The van der Waals surface area contributed by atoms with E-state index in [-0.39, 0.29) is 24.9 Å². The molecule has 0 aliphatic carbocycles. The van der Waals surface area contributed by atoms with Gasteiger partial charge in [0.2, 0.25) is 5.91 Å². The Kier molecular flexibility index (Phi) is 5.64. The second kappa shape index (κ2) is 9.13. The van der Waals surface area contributed by atoms with Crippen molar-refractivity contribution in [2.24, 2.45) is 7.05 Å². The maximum atomic E-state index is 13.7. The molecule has 0 fully saturated rings. The predicted octanol–water partition coefficient (Wildman–Crippen LogP) is 5.61. The molecule has 1 aliphatic heterocycles. The van der Waals surface area contributed by atoms with E-state index in [0.29, 0.717) is 11.3 Å². The molecule has 37 heavy (non-hydrogen) atoms. The smallest absolute Gasteiger partial charge is 0.255 e. The van der Waals surface area contributed by atoms with Crippen LogP contribution in [-0.4, -0.2) is 27.8 Å². The first kappa shape index (κ1) is 22.9. The number of carbonyl (C=O) groups is 2. The first-order valence-electron chi connectivity index (χ1n) is 12.4. The van der Waals surface area contributed by atoms with E-state index in [9.17, 15) is 9.59 Å². The van der Waals surface area contributed by atoms with Gasteiger partial charge in [0.25, 0.3) is 5.91 Å². The van der Waals surface area contributed by atoms with Crippen molar-refractivity contribution in [2.45, 2.75) is 19.5 Å². The molecular formula is C31H27N3O3. The Balaban J connectivity index is 1.49. The van der Waals surface area contributed by atoms with Crippen LogP contribution in [0, 0.1) is 6.92 Å². The van der Waals surface area contributed by atoms with Gasteiger partial charge in [-0.1, -0.05) is 66.2 Å². The number of benzene rings is 3. The summed E-state index contributed by atoms with van der Waals surface area (Å²) >= 11 is 0. The van der Waals surface area contributed by atoms with Crippen molar-refractivity contribution in [3.05, 3.63) is 119 Å². The number of nitrogens with zero attached hydrogens (tertiary/aromatic N) is 2. The van der Waals surface area contributed by atoms with Crippen LogP contribution in [0.25, 0.3) is 22.2 Å². The van der Waals surface area contributed by atoms with E-state index < -0.39 is 6.04 Å². The summed E-state index contributed by atoms with van der Waals surface area (Å²) in [4.78, 5) is 28.5. The number of furan rings is 1. The van der Waals surface area contributed by atoms with Crippen LogP contribution in [0.1, 0.15) is 38.9 Å². The van der Waals surface area contributed by atoms with E-state index in [1.807, 2.05) is 42.5 Å². The zero-order valence-corrected chi connectivity index (χ0v) is 20.8. The second-order valence-electron chi connectivity index (χ2n) is 9.48. The van der Waals surface area contributed by atoms with Gasteiger partial charge in [0.05, 0.1) is 24.5 Å². The van der Waals surface area contributed by atoms with Gasteiger partial charge in [-0.2, -0.15) is 0 Å². The minimum absolute atomic E-state index is 0.0601. The molecule has 0 radical (unpaired) electrons. The fourth-order valence-corrected chi connectivity index (χ4v) is 5.41. The van der Waals surface area contributed by atoms with Crippen LogP contribution in [0.5, 0.6) is 0 Å². The van der Waals surface area contributed by atoms with Gasteiger partial charge in [-0.15, -0.1) is 0 Å². The fraction of sp³-hybridized carbons (Fsp3) is 0.161. The van der Waals surface area contributed by atoms with Crippen LogP contribution in [0.15, 0.2) is 95.6 Å². The van der Waals surface area contributed by atoms with E-state index in [4.69, 9.17) is 4.42 Å². The monoisotopic (exact) mass is 489 g/mol. The Bertz CT molecular complexity index is 1610. The molecule has 2 amide bonds. The lowest BCUT2D eigenvalue weighted by Crippen LogP contribution is -2.39. The van der Waals surface area contributed by atoms with Crippen LogP contribution >= 0.6 is 0 Å². The summed E-state index contributed by atoms with van der Waals surface area (Å²) in [6.07, 6.45) is 1.57. The Morgan fingerprint density at radius 1 is 0.946 bits per heavy atom. The molecule has 1 atom stereocenters. The molecule has 0 saturated carbocycles. The third kappa shape index (κ3) is 3.91. The number of carbonyl (C=O) groups excluding carboxylic acids is 2. The minimum atomic E-state index is -0.402. The van der Waals surface area contributed by atoms with Gasteiger partial charge >= 0.3 is 0 Å². The van der Waals surface area contributed by atoms with Gasteiger partial charge in [-0.05, 0) is 42.3 Å². The quantitative estimate of drug-likeness (QED) is 0.337. The Labute approximate surface area is 215 Å². The summed E-state index contributed by atoms with van der Waals surface area (Å²) in [6, 6.07) is 27.6. The minimum Gasteiger partial charge on any atom is -0.467 e. The summed E-state index contributed by atoms with van der Waals surface area (Å²) in [7, 11) is 2.06. The number of hydrogen-bond acceptors (Lipinski definition) is 3. The van der Waals surface area contributed by atoms with Crippen molar-refractivity contribution < 1.29 is 14.0 Å². The summed E-state index contributed by atoms with van der Waals surface area (Å²) in [5, 5.41) is 3.96. The predicted molar refractivity (Wildman–Crippen MR) is 143 cm³/mol. The number of nitrogens with one attached hydrogen (secondary N) is 1. The number of aryl methyl sites for hydroxylation is 2. The molecular weight excluding hydrogens is 462 g/mol. The molecule has 0 saturated heterocycles. The molecule has 6 heteroatoms. The highest BCUT2D eigenvalue weighted by atomic mass is 16.3. The highest BCUT2D eigenvalue weighted by Gasteiger charge is 2.41. The van der Waals surface area contributed by atoms with Crippen LogP contribution in [0.3, 0.4) is 0 Å². The van der Waals surface area contributed by atoms with Crippen LogP contribution in [0.2, 0.25) is 0 Å². The molecule has 3 heterocycles. The molecule has 1 N–H and O–H groups in total. The second-order valence-corrected chi connectivity index (χ2v) is 9.48. The number of amides is 2. The molecule has 0 unspecified atom stereocenters. The summed E-state index contributed by atoms with van der Waals surface area (Å²) < 4.78 is 7.53. The third-order valence-electron chi connectivity index (χ3n) is 7.16. The lowest BCUT2D eigenvalue weighted by Gasteiger charge is -2.26. The highest BCUT2D eigenvalue weighted by molar-refractivity contribution is 6.03. The van der Waals surface area contributed by atoms with Crippen LogP contribution in [-0.2, 0) is 18.4 Å². The van der Waals surface area contributed by atoms with Crippen molar-refractivity contribution in [2.75, 3.05) is 6.54 Å². The maximum Gasteiger partial charge on any atom is 0.255 e. The first-order valence-corrected chi connectivity index (χ1v) is 12.4.